The molecule has 2 aliphatic heterocycles. The van der Waals surface area contributed by atoms with E-state index in [1.165, 1.54) is 17.0 Å². The summed E-state index contributed by atoms with van der Waals surface area (Å²) < 4.78 is 41.7. The first kappa shape index (κ1) is 25.2. The molecule has 2 amide bonds. The first-order valence-electron chi connectivity index (χ1n) is 11.8. The molecule has 1 atom stereocenters. The molecule has 2 aliphatic rings. The lowest BCUT2D eigenvalue weighted by Crippen LogP contribution is -2.44. The standard InChI is InChI=1S/C23H25ClF3N7O3/c24-17-6-12-5-13(7-19(35)32-3-1-14(2-4-32)34-10-18(28)30-22(34)37)21(36)33(11-23(25,26)27)9-16(12)15-8-29-31-20(15)17/h6,8,10,13-14H,1-5,7,9,11,28H2,(H,29,31)(H,30,37)/t13-/m0/s1. The number of halogens is 4. The van der Waals surface area contributed by atoms with Crippen molar-refractivity contribution in [1.29, 1.82) is 0 Å². The molecule has 198 valence electrons. The third kappa shape index (κ3) is 5.04. The second kappa shape index (κ2) is 9.43. The van der Waals surface area contributed by atoms with Crippen LogP contribution in [0.2, 0.25) is 5.02 Å². The summed E-state index contributed by atoms with van der Waals surface area (Å²) in [7, 11) is 0. The number of imidazole rings is 1. The van der Waals surface area contributed by atoms with Crippen molar-refractivity contribution in [2.24, 2.45) is 5.92 Å². The maximum Gasteiger partial charge on any atom is 0.406 e. The predicted octanol–water partition coefficient (Wildman–Crippen LogP) is 2.61. The van der Waals surface area contributed by atoms with Crippen molar-refractivity contribution in [3.05, 3.63) is 45.1 Å². The molecule has 5 rings (SSSR count). The van der Waals surface area contributed by atoms with Crippen LogP contribution in [0.3, 0.4) is 0 Å². The number of rotatable bonds is 4. The zero-order chi connectivity index (χ0) is 26.5. The van der Waals surface area contributed by atoms with Gasteiger partial charge in [0.05, 0.1) is 22.7 Å². The van der Waals surface area contributed by atoms with Crippen LogP contribution in [0.5, 0.6) is 0 Å². The predicted molar refractivity (Wildman–Crippen MR) is 129 cm³/mol. The van der Waals surface area contributed by atoms with Crippen LogP contribution in [-0.4, -0.2) is 67.2 Å². The molecule has 4 heterocycles. The minimum absolute atomic E-state index is 0.0869. The molecule has 14 heteroatoms. The van der Waals surface area contributed by atoms with Crippen LogP contribution in [0, 0.1) is 5.92 Å². The van der Waals surface area contributed by atoms with Gasteiger partial charge in [-0.25, -0.2) is 4.79 Å². The smallest absolute Gasteiger partial charge is 0.384 e. The molecule has 4 N–H and O–H groups in total. The first-order chi connectivity index (χ1) is 17.5. The number of H-pyrrole nitrogens is 2. The number of carbonyl (C=O) groups excluding carboxylic acids is 2. The number of piperidine rings is 1. The van der Waals surface area contributed by atoms with Crippen LogP contribution in [0.4, 0.5) is 19.0 Å². The first-order valence-corrected chi connectivity index (χ1v) is 12.2. The number of nitrogens with zero attached hydrogens (tertiary/aromatic N) is 4. The van der Waals surface area contributed by atoms with Gasteiger partial charge < -0.3 is 15.5 Å². The summed E-state index contributed by atoms with van der Waals surface area (Å²) in [5.41, 5.74) is 6.98. The molecule has 37 heavy (non-hydrogen) atoms. The largest absolute Gasteiger partial charge is 0.406 e. The molecule has 0 bridgehead atoms. The van der Waals surface area contributed by atoms with Crippen LogP contribution >= 0.6 is 11.6 Å². The molecule has 0 radical (unpaired) electrons. The summed E-state index contributed by atoms with van der Waals surface area (Å²) >= 11 is 6.36. The third-order valence-corrected chi connectivity index (χ3v) is 7.43. The van der Waals surface area contributed by atoms with Gasteiger partial charge in [0.25, 0.3) is 0 Å². The minimum Gasteiger partial charge on any atom is -0.384 e. The highest BCUT2D eigenvalue weighted by molar-refractivity contribution is 6.35. The van der Waals surface area contributed by atoms with E-state index in [4.69, 9.17) is 17.3 Å². The Labute approximate surface area is 213 Å². The molecule has 3 aromatic rings. The molecule has 2 aromatic heterocycles. The van der Waals surface area contributed by atoms with Crippen molar-refractivity contribution < 1.29 is 22.8 Å². The van der Waals surface area contributed by atoms with Gasteiger partial charge in [-0.3, -0.25) is 24.2 Å². The highest BCUT2D eigenvalue weighted by atomic mass is 35.5. The fourth-order valence-electron chi connectivity index (χ4n) is 5.37. The molecule has 10 nitrogen and oxygen atoms in total. The monoisotopic (exact) mass is 539 g/mol. The Bertz CT molecular complexity index is 1400. The summed E-state index contributed by atoms with van der Waals surface area (Å²) in [6, 6.07) is 1.50. The fourth-order valence-corrected chi connectivity index (χ4v) is 5.65. The van der Waals surface area contributed by atoms with Crippen molar-refractivity contribution >= 4 is 40.1 Å². The fraction of sp³-hybridized carbons (Fsp3) is 0.478. The Hall–Kier alpha value is -3.48. The van der Waals surface area contributed by atoms with Crippen molar-refractivity contribution in [3.63, 3.8) is 0 Å². The van der Waals surface area contributed by atoms with Crippen LogP contribution in [0.1, 0.15) is 36.4 Å². The zero-order valence-corrected chi connectivity index (χ0v) is 20.4. The van der Waals surface area contributed by atoms with E-state index >= 15 is 0 Å². The number of amides is 2. The number of alkyl halides is 3. The Balaban J connectivity index is 1.35. The molecule has 1 fully saturated rings. The number of benzene rings is 1. The van der Waals surface area contributed by atoms with E-state index in [1.54, 1.807) is 11.0 Å². The van der Waals surface area contributed by atoms with Gasteiger partial charge >= 0.3 is 11.9 Å². The van der Waals surface area contributed by atoms with Gasteiger partial charge in [-0.2, -0.15) is 18.3 Å². The average molecular weight is 540 g/mol. The van der Waals surface area contributed by atoms with E-state index < -0.39 is 24.5 Å². The maximum absolute atomic E-state index is 13.4. The normalized spacial score (nSPS) is 19.4. The molecule has 0 spiro atoms. The molecule has 0 unspecified atom stereocenters. The number of aromatic amines is 2. The number of anilines is 1. The van der Waals surface area contributed by atoms with E-state index in [-0.39, 0.29) is 42.8 Å². The number of aromatic nitrogens is 4. The number of carbonyl (C=O) groups is 2. The Morgan fingerprint density at radius 3 is 2.62 bits per heavy atom. The lowest BCUT2D eigenvalue weighted by Gasteiger charge is -2.33. The Kier molecular flexibility index (Phi) is 6.42. The van der Waals surface area contributed by atoms with Gasteiger partial charge in [0.1, 0.15) is 12.4 Å². The van der Waals surface area contributed by atoms with Gasteiger partial charge in [-0.1, -0.05) is 11.6 Å². The maximum atomic E-state index is 13.4. The lowest BCUT2D eigenvalue weighted by atomic mass is 9.92. The Morgan fingerprint density at radius 1 is 1.24 bits per heavy atom. The van der Waals surface area contributed by atoms with E-state index in [0.29, 0.717) is 53.0 Å². The van der Waals surface area contributed by atoms with Gasteiger partial charge in [0.2, 0.25) is 11.8 Å². The van der Waals surface area contributed by atoms with Gasteiger partial charge in [0.15, 0.2) is 0 Å². The highest BCUT2D eigenvalue weighted by Crippen LogP contribution is 2.35. The van der Waals surface area contributed by atoms with Gasteiger partial charge in [0, 0.05) is 43.7 Å². The number of fused-ring (bicyclic) bond motifs is 3. The minimum atomic E-state index is -4.60. The van der Waals surface area contributed by atoms with E-state index in [1.807, 2.05) is 0 Å². The summed E-state index contributed by atoms with van der Waals surface area (Å²) in [6.07, 6.45) is -0.701. The number of likely N-dealkylation sites (tertiary alicyclic amines) is 1. The van der Waals surface area contributed by atoms with Crippen molar-refractivity contribution in [3.8, 4) is 0 Å². The van der Waals surface area contributed by atoms with E-state index in [9.17, 15) is 27.6 Å². The molecule has 1 saturated heterocycles. The summed E-state index contributed by atoms with van der Waals surface area (Å²) in [4.78, 5) is 43.4. The zero-order valence-electron chi connectivity index (χ0n) is 19.6. The molecule has 1 aromatic carbocycles. The van der Waals surface area contributed by atoms with Crippen molar-refractivity contribution in [2.45, 2.75) is 44.4 Å². The second-order valence-corrected chi connectivity index (χ2v) is 10.0. The lowest BCUT2D eigenvalue weighted by molar-refractivity contribution is -0.165. The van der Waals surface area contributed by atoms with Crippen LogP contribution < -0.4 is 11.4 Å². The van der Waals surface area contributed by atoms with Gasteiger partial charge in [-0.15, -0.1) is 0 Å². The number of hydrogen-bond acceptors (Lipinski definition) is 5. The molecular formula is C23H25ClF3N7O3. The summed E-state index contributed by atoms with van der Waals surface area (Å²) in [5.74, 6) is -1.75. The molecule has 0 aliphatic carbocycles. The van der Waals surface area contributed by atoms with Crippen molar-refractivity contribution in [2.75, 3.05) is 25.4 Å². The summed E-state index contributed by atoms with van der Waals surface area (Å²) in [5, 5.41) is 7.59. The van der Waals surface area contributed by atoms with Crippen LogP contribution in [0.25, 0.3) is 10.9 Å². The van der Waals surface area contributed by atoms with E-state index in [0.717, 1.165) is 4.90 Å². The second-order valence-electron chi connectivity index (χ2n) is 9.60. The highest BCUT2D eigenvalue weighted by Gasteiger charge is 2.39. The summed E-state index contributed by atoms with van der Waals surface area (Å²) in [6.45, 7) is -0.970. The van der Waals surface area contributed by atoms with E-state index in [2.05, 4.69) is 15.2 Å². The molecule has 0 saturated carbocycles. The average Bonchev–Trinajstić information content (AvgIpc) is 3.43. The number of nitrogens with two attached hydrogens (primary N) is 1. The molecular weight excluding hydrogens is 515 g/mol. The SMILES string of the molecule is Nc1cn(C2CCN(C(=O)C[C@@H]3Cc4cc(Cl)c5[nH]ncc5c4CN(CC(F)(F)F)C3=O)CC2)c(=O)[nH]1. The number of nitrogen functional groups attached to an aromatic ring is 1. The van der Waals surface area contributed by atoms with Gasteiger partial charge in [-0.05, 0) is 36.5 Å². The van der Waals surface area contributed by atoms with Crippen LogP contribution in [-0.2, 0) is 22.6 Å². The Morgan fingerprint density at radius 2 is 1.97 bits per heavy atom. The third-order valence-electron chi connectivity index (χ3n) is 7.13. The topological polar surface area (TPSA) is 133 Å². The van der Waals surface area contributed by atoms with Crippen LogP contribution in [0.15, 0.2) is 23.3 Å². The number of hydrogen-bond donors (Lipinski definition) is 3. The van der Waals surface area contributed by atoms with Crippen molar-refractivity contribution in [1.82, 2.24) is 29.5 Å². The number of nitrogens with one attached hydrogen (secondary N) is 2. The quantitative estimate of drug-likeness (QED) is 0.469.